The quantitative estimate of drug-likeness (QED) is 0.104. The lowest BCUT2D eigenvalue weighted by molar-refractivity contribution is 0.184. The minimum absolute atomic E-state index is 0.0134. The first-order valence-corrected chi connectivity index (χ1v) is 27.7. The van der Waals surface area contributed by atoms with E-state index in [-0.39, 0.29) is 43.3 Å². The van der Waals surface area contributed by atoms with Crippen molar-refractivity contribution in [3.05, 3.63) is 117 Å². The highest BCUT2D eigenvalue weighted by molar-refractivity contribution is 7.42. The average Bonchev–Trinajstić information content (AvgIpc) is 3.18. The van der Waals surface area contributed by atoms with Crippen LogP contribution < -0.4 is 18.1 Å². The smallest absolute Gasteiger partial charge is 0.417 e. The molecule has 0 saturated carbocycles. The molecule has 0 heterocycles. The Kier molecular flexibility index (Phi) is 18.8. The molecule has 0 bridgehead atoms. The van der Waals surface area contributed by atoms with E-state index in [1.165, 1.54) is 22.3 Å². The number of nitrogens with zero attached hydrogens (tertiary/aromatic N) is 1. The summed E-state index contributed by atoms with van der Waals surface area (Å²) in [5.74, 6) is 3.10. The van der Waals surface area contributed by atoms with Gasteiger partial charge in [0.15, 0.2) is 0 Å². The molecule has 7 nitrogen and oxygen atoms in total. The Labute approximate surface area is 430 Å². The van der Waals surface area contributed by atoms with Gasteiger partial charge < -0.3 is 23.0 Å². The van der Waals surface area contributed by atoms with E-state index < -0.39 is 17.2 Å². The third-order valence-corrected chi connectivity index (χ3v) is 14.8. The maximum atomic E-state index is 6.88. The Morgan fingerprint density at radius 3 is 0.686 bits per heavy atom. The van der Waals surface area contributed by atoms with Crippen LogP contribution in [0.3, 0.4) is 0 Å². The molecule has 0 aliphatic rings. The van der Waals surface area contributed by atoms with Crippen LogP contribution >= 0.6 is 17.2 Å². The molecular weight excluding hydrogens is 905 g/mol. The SMILES string of the molecule is CN(CCOP(Oc1ccc(C(C)(C)C)cc1C(C)(C)C)Oc1ccc(C(C)(C)C)cc1C(C)(C)C)CCOP(Oc1ccc(C(C)(C)C)cc1C(C)(C)C)Oc1ccc(C(C)(C)C)cc1C(C)(C)C. The van der Waals surface area contributed by atoms with Crippen LogP contribution in [0.15, 0.2) is 72.8 Å². The number of hydrogen-bond acceptors (Lipinski definition) is 7. The Hall–Kier alpha value is -3.18. The zero-order valence-electron chi connectivity index (χ0n) is 48.5. The number of likely N-dealkylation sites (N-methyl/N-ethyl adjacent to an activating group) is 1. The molecule has 0 spiro atoms. The first-order chi connectivity index (χ1) is 31.7. The largest absolute Gasteiger partial charge is 0.463 e. The van der Waals surface area contributed by atoms with Gasteiger partial charge in [-0.3, -0.25) is 9.05 Å². The lowest BCUT2D eigenvalue weighted by Gasteiger charge is -2.30. The van der Waals surface area contributed by atoms with Crippen molar-refractivity contribution < 1.29 is 27.1 Å². The summed E-state index contributed by atoms with van der Waals surface area (Å²) in [6.07, 6.45) is 0. The van der Waals surface area contributed by atoms with Crippen LogP contribution in [0, 0.1) is 0 Å². The van der Waals surface area contributed by atoms with Gasteiger partial charge in [0, 0.05) is 35.3 Å². The fraction of sp³-hybridized carbons (Fsp3) is 0.607. The third kappa shape index (κ3) is 16.9. The van der Waals surface area contributed by atoms with Crippen molar-refractivity contribution in [3.8, 4) is 23.0 Å². The molecule has 0 aliphatic heterocycles. The number of hydrogen-bond donors (Lipinski definition) is 0. The predicted octanol–water partition coefficient (Wildman–Crippen LogP) is 18.1. The zero-order valence-corrected chi connectivity index (χ0v) is 50.3. The molecular formula is C61H95NO6P2. The molecule has 0 aliphatic carbocycles. The van der Waals surface area contributed by atoms with Gasteiger partial charge in [0.25, 0.3) is 0 Å². The van der Waals surface area contributed by atoms with E-state index in [0.717, 1.165) is 45.3 Å². The van der Waals surface area contributed by atoms with E-state index in [1.807, 2.05) is 0 Å². The maximum Gasteiger partial charge on any atom is 0.463 e. The standard InChI is InChI=1S/C61H95NO6P2/c1-54(2,3)42-26-30-50(46(38-42)58(13,14)15)65-69(66-51-31-27-43(55(4,5)6)39-47(51)59(16,17)18)63-36-34-62(25)35-37-64-70(67-52-32-28-44(56(7,8)9)40-48(52)60(19,20)21)68-53-33-29-45(57(10,11)12)41-49(53)61(22,23)24/h26-33,38-41H,34-37H2,1-25H3. The van der Waals surface area contributed by atoms with E-state index in [1.54, 1.807) is 0 Å². The molecule has 390 valence electrons. The average molecular weight is 1000 g/mol. The second-order valence-electron chi connectivity index (χ2n) is 27.6. The van der Waals surface area contributed by atoms with E-state index in [0.29, 0.717) is 26.3 Å². The van der Waals surface area contributed by atoms with Crippen molar-refractivity contribution in [2.24, 2.45) is 0 Å². The van der Waals surface area contributed by atoms with Crippen molar-refractivity contribution in [3.63, 3.8) is 0 Å². The van der Waals surface area contributed by atoms with Crippen LogP contribution in [0.2, 0.25) is 0 Å². The van der Waals surface area contributed by atoms with Crippen LogP contribution in [-0.2, 0) is 52.4 Å². The van der Waals surface area contributed by atoms with Crippen LogP contribution in [0.1, 0.15) is 211 Å². The highest BCUT2D eigenvalue weighted by Gasteiger charge is 2.32. The van der Waals surface area contributed by atoms with Gasteiger partial charge in [-0.15, -0.1) is 0 Å². The van der Waals surface area contributed by atoms with Crippen LogP contribution in [0.4, 0.5) is 0 Å². The van der Waals surface area contributed by atoms with Crippen molar-refractivity contribution in [1.82, 2.24) is 4.90 Å². The Morgan fingerprint density at radius 2 is 0.514 bits per heavy atom. The summed E-state index contributed by atoms with van der Waals surface area (Å²) in [4.78, 5) is 2.20. The van der Waals surface area contributed by atoms with Gasteiger partial charge in [0.05, 0.1) is 13.2 Å². The first-order valence-electron chi connectivity index (χ1n) is 25.5. The molecule has 9 heteroatoms. The molecule has 4 rings (SSSR count). The minimum atomic E-state index is -1.87. The number of rotatable bonds is 16. The second-order valence-corrected chi connectivity index (χ2v) is 29.8. The minimum Gasteiger partial charge on any atom is -0.417 e. The monoisotopic (exact) mass is 1000 g/mol. The van der Waals surface area contributed by atoms with E-state index in [2.05, 4.69) is 251 Å². The second kappa shape index (κ2) is 22.1. The van der Waals surface area contributed by atoms with Gasteiger partial charge in [-0.05, 0) is 96.9 Å². The normalized spacial score (nSPS) is 13.7. The zero-order chi connectivity index (χ0) is 53.2. The van der Waals surface area contributed by atoms with Gasteiger partial charge in [0.1, 0.15) is 23.0 Å². The molecule has 0 aromatic heterocycles. The maximum absolute atomic E-state index is 6.88. The van der Waals surface area contributed by atoms with Gasteiger partial charge in [0.2, 0.25) is 0 Å². The van der Waals surface area contributed by atoms with Crippen molar-refractivity contribution in [2.45, 2.75) is 209 Å². The summed E-state index contributed by atoms with van der Waals surface area (Å²) in [5, 5.41) is 0. The molecule has 0 unspecified atom stereocenters. The topological polar surface area (TPSA) is 58.6 Å². The molecule has 0 N–H and O–H groups in total. The first kappa shape index (κ1) is 59.4. The summed E-state index contributed by atoms with van der Waals surface area (Å²) in [7, 11) is -1.65. The molecule has 0 amide bonds. The van der Waals surface area contributed by atoms with Crippen molar-refractivity contribution in [1.29, 1.82) is 0 Å². The fourth-order valence-electron chi connectivity index (χ4n) is 7.77. The molecule has 4 aromatic carbocycles. The summed E-state index contributed by atoms with van der Waals surface area (Å²) in [5.41, 5.74) is 8.75. The van der Waals surface area contributed by atoms with Gasteiger partial charge in [-0.1, -0.05) is 215 Å². The van der Waals surface area contributed by atoms with E-state index in [9.17, 15) is 0 Å². The van der Waals surface area contributed by atoms with E-state index in [4.69, 9.17) is 27.1 Å². The highest BCUT2D eigenvalue weighted by Crippen LogP contribution is 2.50. The van der Waals surface area contributed by atoms with Gasteiger partial charge in [-0.25, -0.2) is 0 Å². The molecule has 70 heavy (non-hydrogen) atoms. The Bertz CT molecular complexity index is 2030. The molecule has 0 atom stereocenters. The molecule has 0 saturated heterocycles. The number of benzene rings is 4. The van der Waals surface area contributed by atoms with Crippen LogP contribution in [0.5, 0.6) is 23.0 Å². The fourth-order valence-corrected chi connectivity index (χ4v) is 9.79. The third-order valence-electron chi connectivity index (χ3n) is 12.6. The molecule has 0 radical (unpaired) electrons. The molecule has 4 aromatic rings. The summed E-state index contributed by atoms with van der Waals surface area (Å²) in [6, 6.07) is 26.2. The summed E-state index contributed by atoms with van der Waals surface area (Å²) < 4.78 is 40.9. The Balaban J connectivity index is 1.63. The summed E-state index contributed by atoms with van der Waals surface area (Å²) >= 11 is 0. The van der Waals surface area contributed by atoms with Gasteiger partial charge in [-0.2, -0.15) is 0 Å². The highest BCUT2D eigenvalue weighted by atomic mass is 31.2. The van der Waals surface area contributed by atoms with Gasteiger partial charge >= 0.3 is 17.2 Å². The van der Waals surface area contributed by atoms with E-state index >= 15 is 0 Å². The van der Waals surface area contributed by atoms with Crippen LogP contribution in [-0.4, -0.2) is 38.3 Å². The Morgan fingerprint density at radius 1 is 0.314 bits per heavy atom. The van der Waals surface area contributed by atoms with Crippen LogP contribution in [0.25, 0.3) is 0 Å². The summed E-state index contributed by atoms with van der Waals surface area (Å²) in [6.45, 7) is 55.7. The lowest BCUT2D eigenvalue weighted by atomic mass is 9.80. The van der Waals surface area contributed by atoms with Crippen molar-refractivity contribution >= 4 is 17.2 Å². The predicted molar refractivity (Wildman–Crippen MR) is 301 cm³/mol. The lowest BCUT2D eigenvalue weighted by Crippen LogP contribution is -2.27. The molecule has 0 fully saturated rings. The van der Waals surface area contributed by atoms with Crippen molar-refractivity contribution in [2.75, 3.05) is 33.4 Å².